The van der Waals surface area contributed by atoms with Crippen LogP contribution in [0.5, 0.6) is 0 Å². The zero-order chi connectivity index (χ0) is 14.5. The van der Waals surface area contributed by atoms with Crippen molar-refractivity contribution in [2.45, 2.75) is 6.18 Å². The van der Waals surface area contributed by atoms with Gasteiger partial charge in [0.2, 0.25) is 0 Å². The fourth-order valence-corrected chi connectivity index (χ4v) is 1.16. The van der Waals surface area contributed by atoms with Crippen LogP contribution in [0.4, 0.5) is 23.7 Å². The largest absolute Gasteiger partial charge is 0.416 e. The van der Waals surface area contributed by atoms with Crippen molar-refractivity contribution in [1.29, 1.82) is 0 Å². The van der Waals surface area contributed by atoms with Crippen molar-refractivity contribution < 1.29 is 18.0 Å². The second-order valence-electron chi connectivity index (χ2n) is 3.36. The molecular formula is C10H11F3N4OS. The Morgan fingerprint density at radius 1 is 1.26 bits per heavy atom. The zero-order valence-corrected chi connectivity index (χ0v) is 10.6. The standard InChI is InChI=1S/C10H11F3N4OS/c1-14-9(19)17-16-8(18)15-7-4-2-3-6(5-7)10(11,12)13/h2-5H,1H3,(H2,14,17,19)(H2,15,16,18). The molecule has 0 aromatic heterocycles. The predicted octanol–water partition coefficient (Wildman–Crippen LogP) is 1.84. The van der Waals surface area contributed by atoms with Crippen LogP contribution >= 0.6 is 12.2 Å². The maximum Gasteiger partial charge on any atom is 0.416 e. The highest BCUT2D eigenvalue weighted by Gasteiger charge is 2.30. The number of anilines is 1. The summed E-state index contributed by atoms with van der Waals surface area (Å²) in [6, 6.07) is 3.54. The van der Waals surface area contributed by atoms with E-state index in [1.54, 1.807) is 7.05 Å². The Kier molecular flexibility index (Phi) is 4.93. The van der Waals surface area contributed by atoms with E-state index in [1.807, 2.05) is 0 Å². The molecule has 1 aromatic rings. The number of thiocarbonyl (C=S) groups is 1. The Morgan fingerprint density at radius 2 is 1.95 bits per heavy atom. The van der Waals surface area contributed by atoms with Crippen LogP contribution in [0, 0.1) is 0 Å². The monoisotopic (exact) mass is 292 g/mol. The molecule has 0 atom stereocenters. The number of urea groups is 1. The number of nitrogens with one attached hydrogen (secondary N) is 4. The van der Waals surface area contributed by atoms with Gasteiger partial charge in [0.25, 0.3) is 0 Å². The van der Waals surface area contributed by atoms with Gasteiger partial charge in [-0.2, -0.15) is 13.2 Å². The van der Waals surface area contributed by atoms with Crippen LogP contribution in [0.1, 0.15) is 5.56 Å². The molecule has 5 nitrogen and oxygen atoms in total. The Balaban J connectivity index is 2.62. The molecule has 0 heterocycles. The minimum atomic E-state index is -4.46. The molecule has 1 rings (SSSR count). The lowest BCUT2D eigenvalue weighted by molar-refractivity contribution is -0.137. The molecule has 0 aliphatic carbocycles. The van der Waals surface area contributed by atoms with Gasteiger partial charge in [-0.1, -0.05) is 6.07 Å². The van der Waals surface area contributed by atoms with E-state index in [1.165, 1.54) is 12.1 Å². The number of rotatable bonds is 1. The van der Waals surface area contributed by atoms with Crippen molar-refractivity contribution in [3.8, 4) is 0 Å². The molecule has 0 unspecified atom stereocenters. The normalized spacial score (nSPS) is 10.5. The number of amides is 2. The predicted molar refractivity (Wildman–Crippen MR) is 68.4 cm³/mol. The lowest BCUT2D eigenvalue weighted by Gasteiger charge is -2.11. The molecule has 0 saturated carbocycles. The minimum Gasteiger partial charge on any atom is -0.364 e. The molecule has 0 aliphatic rings. The van der Waals surface area contributed by atoms with Gasteiger partial charge in [-0.25, -0.2) is 10.2 Å². The Morgan fingerprint density at radius 3 is 2.53 bits per heavy atom. The van der Waals surface area contributed by atoms with Gasteiger partial charge in [-0.15, -0.1) is 0 Å². The van der Waals surface area contributed by atoms with Crippen LogP contribution in [-0.4, -0.2) is 18.2 Å². The second kappa shape index (κ2) is 6.23. The maximum absolute atomic E-state index is 12.4. The Labute approximate surface area is 112 Å². The van der Waals surface area contributed by atoms with Crippen LogP contribution in [0.15, 0.2) is 24.3 Å². The molecule has 1 aromatic carbocycles. The molecule has 104 valence electrons. The van der Waals surface area contributed by atoms with Gasteiger partial charge in [-0.3, -0.25) is 5.43 Å². The van der Waals surface area contributed by atoms with Crippen molar-refractivity contribution in [1.82, 2.24) is 16.2 Å². The number of hydrazine groups is 1. The third kappa shape index (κ3) is 5.00. The topological polar surface area (TPSA) is 65.2 Å². The van der Waals surface area contributed by atoms with E-state index in [2.05, 4.69) is 21.5 Å². The summed E-state index contributed by atoms with van der Waals surface area (Å²) in [5.41, 5.74) is 3.66. The van der Waals surface area contributed by atoms with Crippen LogP contribution in [0.25, 0.3) is 0 Å². The summed E-state index contributed by atoms with van der Waals surface area (Å²) in [6.45, 7) is 0. The summed E-state index contributed by atoms with van der Waals surface area (Å²) in [6.07, 6.45) is -4.46. The number of carbonyl (C=O) groups excluding carboxylic acids is 1. The molecule has 2 amide bonds. The summed E-state index contributed by atoms with van der Waals surface area (Å²) in [5.74, 6) is 0. The van der Waals surface area contributed by atoms with Gasteiger partial charge in [0.1, 0.15) is 0 Å². The average Bonchev–Trinajstić information content (AvgIpc) is 2.35. The third-order valence-electron chi connectivity index (χ3n) is 1.96. The molecule has 9 heteroatoms. The molecule has 19 heavy (non-hydrogen) atoms. The molecule has 4 N–H and O–H groups in total. The van der Waals surface area contributed by atoms with Crippen LogP contribution in [-0.2, 0) is 6.18 Å². The zero-order valence-electron chi connectivity index (χ0n) is 9.76. The van der Waals surface area contributed by atoms with E-state index in [9.17, 15) is 18.0 Å². The Bertz CT molecular complexity index is 478. The van der Waals surface area contributed by atoms with Crippen LogP contribution in [0.2, 0.25) is 0 Å². The fourth-order valence-electron chi connectivity index (χ4n) is 1.11. The highest BCUT2D eigenvalue weighted by atomic mass is 32.1. The van der Waals surface area contributed by atoms with Gasteiger partial charge in [0, 0.05) is 12.7 Å². The number of alkyl halides is 3. The lowest BCUT2D eigenvalue weighted by Crippen LogP contribution is -2.47. The van der Waals surface area contributed by atoms with E-state index in [0.29, 0.717) is 0 Å². The molecule has 0 spiro atoms. The SMILES string of the molecule is CNC(=S)NNC(=O)Nc1cccc(C(F)(F)F)c1. The summed E-state index contributed by atoms with van der Waals surface area (Å²) in [4.78, 5) is 11.3. The van der Waals surface area contributed by atoms with Gasteiger partial charge in [-0.05, 0) is 30.4 Å². The summed E-state index contributed by atoms with van der Waals surface area (Å²) in [7, 11) is 1.54. The van der Waals surface area contributed by atoms with E-state index in [-0.39, 0.29) is 10.8 Å². The first-order valence-corrected chi connectivity index (χ1v) is 5.45. The molecular weight excluding hydrogens is 281 g/mol. The second-order valence-corrected chi connectivity index (χ2v) is 3.77. The Hall–Kier alpha value is -2.03. The quantitative estimate of drug-likeness (QED) is 0.471. The van der Waals surface area contributed by atoms with E-state index in [0.717, 1.165) is 12.1 Å². The van der Waals surface area contributed by atoms with Crippen LogP contribution in [0.3, 0.4) is 0 Å². The number of hydrogen-bond acceptors (Lipinski definition) is 2. The lowest BCUT2D eigenvalue weighted by atomic mass is 10.2. The number of halogens is 3. The van der Waals surface area contributed by atoms with Gasteiger partial charge < -0.3 is 10.6 Å². The van der Waals surface area contributed by atoms with Crippen LogP contribution < -0.4 is 21.5 Å². The third-order valence-corrected chi connectivity index (χ3v) is 2.27. The first kappa shape index (κ1) is 15.0. The van der Waals surface area contributed by atoms with Crippen molar-refractivity contribution in [2.75, 3.05) is 12.4 Å². The highest BCUT2D eigenvalue weighted by molar-refractivity contribution is 7.80. The van der Waals surface area contributed by atoms with Crippen molar-refractivity contribution in [3.63, 3.8) is 0 Å². The maximum atomic E-state index is 12.4. The van der Waals surface area contributed by atoms with E-state index in [4.69, 9.17) is 12.2 Å². The number of hydrogen-bond donors (Lipinski definition) is 4. The first-order valence-electron chi connectivity index (χ1n) is 5.05. The van der Waals surface area contributed by atoms with Crippen molar-refractivity contribution in [2.24, 2.45) is 0 Å². The molecule has 0 saturated heterocycles. The molecule has 0 bridgehead atoms. The molecule has 0 fully saturated rings. The number of carbonyl (C=O) groups is 1. The molecule has 0 aliphatic heterocycles. The van der Waals surface area contributed by atoms with Gasteiger partial charge in [0.15, 0.2) is 5.11 Å². The molecule has 0 radical (unpaired) electrons. The smallest absolute Gasteiger partial charge is 0.364 e. The highest BCUT2D eigenvalue weighted by Crippen LogP contribution is 2.30. The minimum absolute atomic E-state index is 0.0181. The van der Waals surface area contributed by atoms with E-state index < -0.39 is 17.8 Å². The average molecular weight is 292 g/mol. The van der Waals surface area contributed by atoms with Crippen molar-refractivity contribution >= 4 is 29.0 Å². The van der Waals surface area contributed by atoms with Crippen molar-refractivity contribution in [3.05, 3.63) is 29.8 Å². The van der Waals surface area contributed by atoms with Gasteiger partial charge >= 0.3 is 12.2 Å². The van der Waals surface area contributed by atoms with Gasteiger partial charge in [0.05, 0.1) is 5.56 Å². The summed E-state index contributed by atoms with van der Waals surface area (Å²) in [5, 5.41) is 4.94. The summed E-state index contributed by atoms with van der Waals surface area (Å²) < 4.78 is 37.3. The van der Waals surface area contributed by atoms with E-state index >= 15 is 0 Å². The number of benzene rings is 1. The fraction of sp³-hybridized carbons (Fsp3) is 0.200. The summed E-state index contributed by atoms with van der Waals surface area (Å²) >= 11 is 4.69. The first-order chi connectivity index (χ1) is 8.82.